The van der Waals surface area contributed by atoms with Crippen LogP contribution < -0.4 is 15.0 Å². The molecule has 0 saturated carbocycles. The van der Waals surface area contributed by atoms with Crippen molar-refractivity contribution in [3.63, 3.8) is 0 Å². The van der Waals surface area contributed by atoms with Crippen molar-refractivity contribution in [2.45, 2.75) is 32.3 Å². The van der Waals surface area contributed by atoms with Crippen molar-refractivity contribution < 1.29 is 23.9 Å². The molecule has 2 aliphatic heterocycles. The Balaban J connectivity index is 1.43. The quantitative estimate of drug-likeness (QED) is 0.679. The summed E-state index contributed by atoms with van der Waals surface area (Å²) in [5, 5.41) is 2.86. The highest BCUT2D eigenvalue weighted by Gasteiger charge is 2.34. The lowest BCUT2D eigenvalue weighted by atomic mass is 10.1. The van der Waals surface area contributed by atoms with Gasteiger partial charge in [0, 0.05) is 18.8 Å². The van der Waals surface area contributed by atoms with E-state index in [2.05, 4.69) is 5.32 Å². The van der Waals surface area contributed by atoms with Gasteiger partial charge in [0.2, 0.25) is 5.91 Å². The second kappa shape index (κ2) is 10.4. The van der Waals surface area contributed by atoms with E-state index in [1.807, 2.05) is 34.1 Å². The first-order valence-electron chi connectivity index (χ1n) is 11.4. The molecular weight excluding hydrogens is 422 g/mol. The second-order valence-corrected chi connectivity index (χ2v) is 8.19. The lowest BCUT2D eigenvalue weighted by molar-refractivity contribution is -0.139. The summed E-state index contributed by atoms with van der Waals surface area (Å²) in [6.07, 6.45) is 2.52. The van der Waals surface area contributed by atoms with Gasteiger partial charge in [-0.25, -0.2) is 4.79 Å². The lowest BCUT2D eigenvalue weighted by Crippen LogP contribution is -2.52. The summed E-state index contributed by atoms with van der Waals surface area (Å²) in [5.41, 5.74) is 1.79. The molecule has 2 aliphatic rings. The predicted octanol–water partition coefficient (Wildman–Crippen LogP) is 3.08. The number of nitrogens with zero attached hydrogens (tertiary/aromatic N) is 2. The Morgan fingerprint density at radius 2 is 1.76 bits per heavy atom. The van der Waals surface area contributed by atoms with Gasteiger partial charge in [0.05, 0.1) is 30.9 Å². The molecule has 2 aromatic rings. The number of likely N-dealkylation sites (tertiary alicyclic amines) is 1. The number of ether oxygens (including phenoxy) is 2. The molecular formula is C25H29N3O5. The number of nitrogens with one attached hydrogen (secondary N) is 1. The molecule has 8 heteroatoms. The summed E-state index contributed by atoms with van der Waals surface area (Å²) in [6, 6.07) is 14.0. The average Bonchev–Trinajstić information content (AvgIpc) is 2.84. The van der Waals surface area contributed by atoms with E-state index >= 15 is 0 Å². The average molecular weight is 452 g/mol. The van der Waals surface area contributed by atoms with Gasteiger partial charge in [-0.3, -0.25) is 9.59 Å². The van der Waals surface area contributed by atoms with Crippen molar-refractivity contribution in [2.75, 3.05) is 43.0 Å². The summed E-state index contributed by atoms with van der Waals surface area (Å²) in [4.78, 5) is 41.4. The topological polar surface area (TPSA) is 88.2 Å². The monoisotopic (exact) mass is 451 g/mol. The van der Waals surface area contributed by atoms with E-state index in [0.29, 0.717) is 30.2 Å². The van der Waals surface area contributed by atoms with Gasteiger partial charge in [0.25, 0.3) is 5.91 Å². The van der Waals surface area contributed by atoms with Crippen LogP contribution in [0.25, 0.3) is 0 Å². The van der Waals surface area contributed by atoms with Crippen molar-refractivity contribution in [3.05, 3.63) is 54.1 Å². The predicted molar refractivity (Wildman–Crippen MR) is 125 cm³/mol. The normalized spacial score (nSPS) is 17.5. The van der Waals surface area contributed by atoms with Crippen LogP contribution in [0.15, 0.2) is 48.5 Å². The Hall–Kier alpha value is -3.55. The maximum atomic E-state index is 13.1. The third-order valence-electron chi connectivity index (χ3n) is 5.82. The van der Waals surface area contributed by atoms with Gasteiger partial charge in [0.1, 0.15) is 5.75 Å². The highest BCUT2D eigenvalue weighted by atomic mass is 16.5. The molecule has 2 amide bonds. The molecule has 2 heterocycles. The van der Waals surface area contributed by atoms with Gasteiger partial charge in [0.15, 0.2) is 6.10 Å². The Morgan fingerprint density at radius 3 is 2.48 bits per heavy atom. The van der Waals surface area contributed by atoms with Gasteiger partial charge in [-0.1, -0.05) is 12.1 Å². The number of amides is 2. The van der Waals surface area contributed by atoms with Crippen LogP contribution in [-0.4, -0.2) is 61.6 Å². The van der Waals surface area contributed by atoms with Gasteiger partial charge >= 0.3 is 5.97 Å². The van der Waals surface area contributed by atoms with Crippen LogP contribution >= 0.6 is 0 Å². The highest BCUT2D eigenvalue weighted by molar-refractivity contribution is 5.96. The van der Waals surface area contributed by atoms with E-state index in [-0.39, 0.29) is 18.4 Å². The van der Waals surface area contributed by atoms with Crippen molar-refractivity contribution in [2.24, 2.45) is 0 Å². The molecule has 0 unspecified atom stereocenters. The number of anilines is 2. The van der Waals surface area contributed by atoms with Crippen LogP contribution in [0.4, 0.5) is 11.4 Å². The van der Waals surface area contributed by atoms with E-state index in [1.54, 1.807) is 31.2 Å². The van der Waals surface area contributed by atoms with E-state index in [4.69, 9.17) is 9.47 Å². The van der Waals surface area contributed by atoms with Gasteiger partial charge in [-0.05, 0) is 62.6 Å². The SMILES string of the molecule is CCOC(=O)c1ccc(NC(=O)CN2C[C@@H](C(=O)N3CCCCC3)Oc3ccccc32)cc1. The fourth-order valence-corrected chi connectivity index (χ4v) is 4.18. The third-order valence-corrected chi connectivity index (χ3v) is 5.82. The Morgan fingerprint density at radius 1 is 1.03 bits per heavy atom. The maximum Gasteiger partial charge on any atom is 0.338 e. The van der Waals surface area contributed by atoms with Crippen LogP contribution in [0.1, 0.15) is 36.5 Å². The molecule has 174 valence electrons. The summed E-state index contributed by atoms with van der Waals surface area (Å²) in [6.45, 7) is 3.94. The molecule has 0 bridgehead atoms. The number of fused-ring (bicyclic) bond motifs is 1. The minimum atomic E-state index is -0.644. The van der Waals surface area contributed by atoms with Crippen LogP contribution in [0.2, 0.25) is 0 Å². The van der Waals surface area contributed by atoms with E-state index in [0.717, 1.165) is 38.0 Å². The fourth-order valence-electron chi connectivity index (χ4n) is 4.18. The van der Waals surface area contributed by atoms with Crippen molar-refractivity contribution in [1.29, 1.82) is 0 Å². The molecule has 1 fully saturated rings. The molecule has 4 rings (SSSR count). The Kier molecular flexibility index (Phi) is 7.12. The number of benzene rings is 2. The highest BCUT2D eigenvalue weighted by Crippen LogP contribution is 2.33. The largest absolute Gasteiger partial charge is 0.477 e. The number of rotatable bonds is 6. The van der Waals surface area contributed by atoms with Crippen LogP contribution in [0.5, 0.6) is 5.75 Å². The minimum Gasteiger partial charge on any atom is -0.477 e. The van der Waals surface area contributed by atoms with E-state index < -0.39 is 12.1 Å². The molecule has 1 atom stereocenters. The van der Waals surface area contributed by atoms with Crippen LogP contribution in [0.3, 0.4) is 0 Å². The molecule has 0 spiro atoms. The number of hydrogen-bond acceptors (Lipinski definition) is 6. The molecule has 0 radical (unpaired) electrons. The lowest BCUT2D eigenvalue weighted by Gasteiger charge is -2.38. The standard InChI is InChI=1S/C25H29N3O5/c1-2-32-25(31)18-10-12-19(13-11-18)26-23(29)17-28-16-22(24(30)27-14-6-3-7-15-27)33-21-9-5-4-8-20(21)28/h4-5,8-13,22H,2-3,6-7,14-17H2,1H3,(H,26,29)/t22-/m0/s1. The first-order chi connectivity index (χ1) is 16.0. The molecule has 8 nitrogen and oxygen atoms in total. The molecule has 0 aromatic heterocycles. The number of para-hydroxylation sites is 2. The second-order valence-electron chi connectivity index (χ2n) is 8.19. The van der Waals surface area contributed by atoms with Crippen molar-refractivity contribution in [3.8, 4) is 5.75 Å². The van der Waals surface area contributed by atoms with Gasteiger partial charge in [-0.15, -0.1) is 0 Å². The van der Waals surface area contributed by atoms with Crippen molar-refractivity contribution >= 4 is 29.2 Å². The number of esters is 1. The van der Waals surface area contributed by atoms with Crippen LogP contribution in [0, 0.1) is 0 Å². The zero-order valence-corrected chi connectivity index (χ0v) is 18.8. The molecule has 33 heavy (non-hydrogen) atoms. The first-order valence-corrected chi connectivity index (χ1v) is 11.4. The third kappa shape index (κ3) is 5.45. The van der Waals surface area contributed by atoms with E-state index in [1.165, 1.54) is 0 Å². The summed E-state index contributed by atoms with van der Waals surface area (Å²) >= 11 is 0. The Bertz CT molecular complexity index is 1000. The minimum absolute atomic E-state index is 0.0239. The van der Waals surface area contributed by atoms with Crippen LogP contribution in [-0.2, 0) is 14.3 Å². The molecule has 1 saturated heterocycles. The number of carbonyl (C=O) groups is 3. The zero-order chi connectivity index (χ0) is 23.2. The zero-order valence-electron chi connectivity index (χ0n) is 18.8. The fraction of sp³-hybridized carbons (Fsp3) is 0.400. The summed E-state index contributed by atoms with van der Waals surface area (Å²) in [7, 11) is 0. The first kappa shape index (κ1) is 22.6. The molecule has 0 aliphatic carbocycles. The maximum absolute atomic E-state index is 13.1. The van der Waals surface area contributed by atoms with Gasteiger partial charge < -0.3 is 24.6 Å². The summed E-state index contributed by atoms with van der Waals surface area (Å²) in [5.74, 6) is -0.0423. The smallest absolute Gasteiger partial charge is 0.338 e. The summed E-state index contributed by atoms with van der Waals surface area (Å²) < 4.78 is 11.0. The molecule has 1 N–H and O–H groups in total. The number of piperidine rings is 1. The number of carbonyl (C=O) groups excluding carboxylic acids is 3. The van der Waals surface area contributed by atoms with E-state index in [9.17, 15) is 14.4 Å². The van der Waals surface area contributed by atoms with Gasteiger partial charge in [-0.2, -0.15) is 0 Å². The Labute approximate surface area is 193 Å². The molecule has 2 aromatic carbocycles. The number of hydrogen-bond donors (Lipinski definition) is 1. The van der Waals surface area contributed by atoms with Crippen molar-refractivity contribution in [1.82, 2.24) is 4.90 Å².